The third kappa shape index (κ3) is 1.95. The summed E-state index contributed by atoms with van der Waals surface area (Å²) >= 11 is 0. The second-order valence-corrected chi connectivity index (χ2v) is 6.74. The van der Waals surface area contributed by atoms with Crippen molar-refractivity contribution in [2.24, 2.45) is 0 Å². The molecule has 132 valence electrons. The molecular weight excluding hydrogens is 360 g/mol. The van der Waals surface area contributed by atoms with Crippen molar-refractivity contribution in [3.05, 3.63) is 83.5 Å². The van der Waals surface area contributed by atoms with Crippen molar-refractivity contribution in [2.45, 2.75) is 0 Å². The van der Waals surface area contributed by atoms with Crippen LogP contribution in [-0.2, 0) is 0 Å². The van der Waals surface area contributed by atoms with Gasteiger partial charge in [0.1, 0.15) is 5.65 Å². The zero-order valence-electron chi connectivity index (χ0n) is 15.0. The highest BCUT2D eigenvalue weighted by molar-refractivity contribution is 6.22. The van der Waals surface area contributed by atoms with E-state index in [1.165, 1.54) is 0 Å². The van der Waals surface area contributed by atoms with Gasteiger partial charge in [0.15, 0.2) is 0 Å². The van der Waals surface area contributed by atoms with Crippen molar-refractivity contribution in [1.82, 2.24) is 19.4 Å². The van der Waals surface area contributed by atoms with Gasteiger partial charge in [-0.2, -0.15) is 0 Å². The molecule has 6 heteroatoms. The van der Waals surface area contributed by atoms with E-state index in [-0.39, 0.29) is 11.6 Å². The molecule has 0 atom stereocenters. The van der Waals surface area contributed by atoms with Crippen LogP contribution in [0.4, 0.5) is 11.6 Å². The number of rotatable bonds is 0. The normalized spacial score (nSPS) is 11.4. The van der Waals surface area contributed by atoms with Crippen LogP contribution in [0, 0.1) is 13.1 Å². The number of aromatic nitrogens is 4. The number of hydrogen-bond acceptors (Lipinski definition) is 3. The van der Waals surface area contributed by atoms with Crippen molar-refractivity contribution < 1.29 is 0 Å². The van der Waals surface area contributed by atoms with E-state index < -0.39 is 0 Å². The fourth-order valence-corrected chi connectivity index (χ4v) is 4.02. The van der Waals surface area contributed by atoms with Crippen molar-refractivity contribution in [3.8, 4) is 0 Å². The molecule has 6 nitrogen and oxygen atoms in total. The SMILES string of the molecule is [C-]#[N+]c1nc2c3c4ccccc4ccc3c3nc4ccccc4n3c2nc1[N+]#[C-]. The lowest BCUT2D eigenvalue weighted by molar-refractivity contribution is 1.22. The number of nitrogens with zero attached hydrogens (tertiary/aromatic N) is 6. The Kier molecular flexibility index (Phi) is 2.93. The molecule has 0 unspecified atom stereocenters. The molecule has 0 bridgehead atoms. The summed E-state index contributed by atoms with van der Waals surface area (Å²) in [6.45, 7) is 14.9. The number of para-hydroxylation sites is 2. The van der Waals surface area contributed by atoms with E-state index in [4.69, 9.17) is 18.1 Å². The van der Waals surface area contributed by atoms with Crippen molar-refractivity contribution >= 4 is 61.0 Å². The van der Waals surface area contributed by atoms with Crippen LogP contribution in [-0.4, -0.2) is 19.4 Å². The van der Waals surface area contributed by atoms with Crippen LogP contribution in [0.1, 0.15) is 0 Å². The maximum Gasteiger partial charge on any atom is 0.295 e. The molecule has 29 heavy (non-hydrogen) atoms. The molecule has 0 aliphatic rings. The third-order valence-electron chi connectivity index (χ3n) is 5.23. The van der Waals surface area contributed by atoms with Crippen LogP contribution in [0.3, 0.4) is 0 Å². The minimum absolute atomic E-state index is 0.00571. The summed E-state index contributed by atoms with van der Waals surface area (Å²) in [5.41, 5.74) is 3.64. The number of pyridine rings is 1. The first-order valence-electron chi connectivity index (χ1n) is 8.97. The quantitative estimate of drug-likeness (QED) is 0.249. The number of imidazole rings is 1. The second kappa shape index (κ2) is 5.48. The van der Waals surface area contributed by atoms with E-state index in [0.29, 0.717) is 11.2 Å². The highest BCUT2D eigenvalue weighted by Gasteiger charge is 2.23. The van der Waals surface area contributed by atoms with Crippen molar-refractivity contribution in [1.29, 1.82) is 0 Å². The maximum atomic E-state index is 7.46. The van der Waals surface area contributed by atoms with Gasteiger partial charge < -0.3 is 9.69 Å². The zero-order chi connectivity index (χ0) is 19.5. The van der Waals surface area contributed by atoms with Crippen LogP contribution < -0.4 is 0 Å². The highest BCUT2D eigenvalue weighted by Crippen LogP contribution is 2.37. The Labute approximate surface area is 164 Å². The minimum Gasteiger partial charge on any atom is -0.370 e. The average Bonchev–Trinajstić information content (AvgIpc) is 3.17. The lowest BCUT2D eigenvalue weighted by Crippen LogP contribution is -1.97. The van der Waals surface area contributed by atoms with Gasteiger partial charge in [0.05, 0.1) is 11.0 Å². The van der Waals surface area contributed by atoms with Gasteiger partial charge in [0.2, 0.25) is 5.52 Å². The second-order valence-electron chi connectivity index (χ2n) is 6.74. The molecule has 3 aromatic carbocycles. The largest absolute Gasteiger partial charge is 0.370 e. The number of hydrogen-bond donors (Lipinski definition) is 0. The molecule has 6 rings (SSSR count). The lowest BCUT2D eigenvalue weighted by atomic mass is 10.0. The van der Waals surface area contributed by atoms with Gasteiger partial charge in [-0.15, -0.1) is 9.97 Å². The third-order valence-corrected chi connectivity index (χ3v) is 5.23. The van der Waals surface area contributed by atoms with Gasteiger partial charge in [-0.1, -0.05) is 55.6 Å². The molecule has 0 aliphatic heterocycles. The first kappa shape index (κ1) is 15.5. The van der Waals surface area contributed by atoms with Gasteiger partial charge in [0.25, 0.3) is 17.3 Å². The Morgan fingerprint density at radius 3 is 2.31 bits per heavy atom. The number of benzene rings is 3. The summed E-state index contributed by atoms with van der Waals surface area (Å²) in [7, 11) is 0. The molecule has 0 amide bonds. The van der Waals surface area contributed by atoms with Crippen LogP contribution >= 0.6 is 0 Å². The molecule has 0 saturated carbocycles. The maximum absolute atomic E-state index is 7.46. The van der Waals surface area contributed by atoms with Gasteiger partial charge >= 0.3 is 0 Å². The van der Waals surface area contributed by atoms with E-state index in [1.54, 1.807) is 0 Å². The summed E-state index contributed by atoms with van der Waals surface area (Å²) < 4.78 is 1.94. The minimum atomic E-state index is 0.00571. The van der Waals surface area contributed by atoms with E-state index >= 15 is 0 Å². The monoisotopic (exact) mass is 370 g/mol. The summed E-state index contributed by atoms with van der Waals surface area (Å²) in [4.78, 5) is 20.9. The predicted octanol–water partition coefficient (Wildman–Crippen LogP) is 5.84. The molecule has 0 saturated heterocycles. The first-order chi connectivity index (χ1) is 14.3. The van der Waals surface area contributed by atoms with Crippen LogP contribution in [0.15, 0.2) is 60.7 Å². The van der Waals surface area contributed by atoms with Gasteiger partial charge in [-0.25, -0.2) is 4.98 Å². The van der Waals surface area contributed by atoms with Crippen LogP contribution in [0.2, 0.25) is 0 Å². The van der Waals surface area contributed by atoms with Crippen LogP contribution in [0.5, 0.6) is 0 Å². The Morgan fingerprint density at radius 1 is 0.690 bits per heavy atom. The molecule has 0 aliphatic carbocycles. The molecular formula is C23H10N6. The summed E-state index contributed by atoms with van der Waals surface area (Å²) in [6, 6.07) is 20.0. The Bertz CT molecular complexity index is 1730. The van der Waals surface area contributed by atoms with E-state index in [9.17, 15) is 0 Å². The summed E-state index contributed by atoms with van der Waals surface area (Å²) in [5.74, 6) is 0.0247. The van der Waals surface area contributed by atoms with Gasteiger partial charge in [-0.05, 0) is 29.0 Å². The van der Waals surface area contributed by atoms with E-state index in [1.807, 2.05) is 59.0 Å². The fraction of sp³-hybridized carbons (Fsp3) is 0. The van der Waals surface area contributed by atoms with Gasteiger partial charge in [0, 0.05) is 10.8 Å². The van der Waals surface area contributed by atoms with E-state index in [2.05, 4.69) is 25.7 Å². The standard InChI is InChI=1S/C23H10N6/c1-24-20-21(25-2)28-23-19(27-20)18-14-8-4-3-7-13(14)11-12-15(18)22-26-16-9-5-6-10-17(16)29(22)23/h3-12H. The molecule has 0 fully saturated rings. The van der Waals surface area contributed by atoms with Crippen molar-refractivity contribution in [2.75, 3.05) is 0 Å². The van der Waals surface area contributed by atoms with Crippen LogP contribution in [0.25, 0.3) is 59.1 Å². The molecule has 0 radical (unpaired) electrons. The molecule has 6 aromatic rings. The van der Waals surface area contributed by atoms with Crippen molar-refractivity contribution in [3.63, 3.8) is 0 Å². The average molecular weight is 370 g/mol. The Hall–Kier alpha value is -4.55. The fourth-order valence-electron chi connectivity index (χ4n) is 4.02. The molecule has 3 heterocycles. The molecule has 0 spiro atoms. The molecule has 0 N–H and O–H groups in total. The topological polar surface area (TPSA) is 51.8 Å². The summed E-state index contributed by atoms with van der Waals surface area (Å²) in [5, 5.41) is 3.93. The highest BCUT2D eigenvalue weighted by atomic mass is 15.1. The Morgan fingerprint density at radius 2 is 1.45 bits per heavy atom. The smallest absolute Gasteiger partial charge is 0.295 e. The summed E-state index contributed by atoms with van der Waals surface area (Å²) in [6.07, 6.45) is 0. The van der Waals surface area contributed by atoms with E-state index in [0.717, 1.165) is 38.2 Å². The Balaban J connectivity index is 2.04. The van der Waals surface area contributed by atoms with Gasteiger partial charge in [-0.3, -0.25) is 4.40 Å². The zero-order valence-corrected chi connectivity index (χ0v) is 15.0. The molecule has 3 aromatic heterocycles. The number of fused-ring (bicyclic) bond motifs is 10. The lowest BCUT2D eigenvalue weighted by Gasteiger charge is -2.07. The first-order valence-corrected chi connectivity index (χ1v) is 8.97. The predicted molar refractivity (Wildman–Crippen MR) is 113 cm³/mol.